The summed E-state index contributed by atoms with van der Waals surface area (Å²) in [5.74, 6) is 0.279. The molecule has 0 aliphatic carbocycles. The summed E-state index contributed by atoms with van der Waals surface area (Å²) in [7, 11) is 2.18. The molecule has 22 heavy (non-hydrogen) atoms. The summed E-state index contributed by atoms with van der Waals surface area (Å²) in [5, 5.41) is 0. The van der Waals surface area contributed by atoms with E-state index in [9.17, 15) is 4.39 Å². The third kappa shape index (κ3) is 2.34. The van der Waals surface area contributed by atoms with Crippen LogP contribution in [0.2, 0.25) is 0 Å². The third-order valence-electron chi connectivity index (χ3n) is 5.70. The molecule has 0 saturated carbocycles. The number of likely N-dealkylation sites (tertiary alicyclic amines) is 1. The molecule has 3 heteroatoms. The zero-order chi connectivity index (χ0) is 15.9. The van der Waals surface area contributed by atoms with E-state index in [-0.39, 0.29) is 11.4 Å². The van der Waals surface area contributed by atoms with Crippen LogP contribution in [0.15, 0.2) is 36.2 Å². The predicted octanol–water partition coefficient (Wildman–Crippen LogP) is 4.29. The van der Waals surface area contributed by atoms with Crippen molar-refractivity contribution < 1.29 is 4.39 Å². The summed E-state index contributed by atoms with van der Waals surface area (Å²) in [6.07, 6.45) is 3.36. The Bertz CT molecular complexity index is 622. The van der Waals surface area contributed by atoms with Crippen molar-refractivity contribution in [3.05, 3.63) is 47.6 Å². The fraction of sp³-hybridized carbons (Fsp3) is 0.526. The lowest BCUT2D eigenvalue weighted by atomic mass is 9.73. The molecule has 1 atom stereocenters. The SMILES string of the molecule is C=C=C(C)N1CCC2(CC1)CC(C)c1cc(F)ccc1N2C. The van der Waals surface area contributed by atoms with Crippen LogP contribution in [0.3, 0.4) is 0 Å². The van der Waals surface area contributed by atoms with Gasteiger partial charge in [-0.3, -0.25) is 0 Å². The Morgan fingerprint density at radius 3 is 2.68 bits per heavy atom. The van der Waals surface area contributed by atoms with Crippen LogP contribution in [0.25, 0.3) is 0 Å². The van der Waals surface area contributed by atoms with Gasteiger partial charge in [0.2, 0.25) is 0 Å². The van der Waals surface area contributed by atoms with Crippen molar-refractivity contribution in [2.24, 2.45) is 0 Å². The van der Waals surface area contributed by atoms with Gasteiger partial charge in [-0.25, -0.2) is 4.39 Å². The number of fused-ring (bicyclic) bond motifs is 1. The molecule has 1 spiro atoms. The van der Waals surface area contributed by atoms with Crippen LogP contribution in [-0.4, -0.2) is 30.6 Å². The number of hydrogen-bond acceptors (Lipinski definition) is 2. The molecule has 1 aromatic rings. The van der Waals surface area contributed by atoms with Crippen LogP contribution >= 0.6 is 0 Å². The van der Waals surface area contributed by atoms with Crippen molar-refractivity contribution in [3.63, 3.8) is 0 Å². The third-order valence-corrected chi connectivity index (χ3v) is 5.70. The number of nitrogens with zero attached hydrogens (tertiary/aromatic N) is 2. The summed E-state index contributed by atoms with van der Waals surface area (Å²) in [5.41, 5.74) is 6.69. The Hall–Kier alpha value is -1.73. The molecule has 2 aliphatic rings. The molecule has 0 aromatic heterocycles. The van der Waals surface area contributed by atoms with Crippen molar-refractivity contribution >= 4 is 5.69 Å². The number of allylic oxidation sites excluding steroid dienone is 1. The Balaban J connectivity index is 1.88. The van der Waals surface area contributed by atoms with Gasteiger partial charge in [0, 0.05) is 31.4 Å². The van der Waals surface area contributed by atoms with Gasteiger partial charge < -0.3 is 9.80 Å². The maximum Gasteiger partial charge on any atom is 0.123 e. The van der Waals surface area contributed by atoms with E-state index in [0.29, 0.717) is 5.92 Å². The fourth-order valence-electron chi connectivity index (χ4n) is 4.21. The Labute approximate surface area is 132 Å². The van der Waals surface area contributed by atoms with Gasteiger partial charge in [-0.05, 0) is 55.9 Å². The molecule has 2 aliphatic heterocycles. The van der Waals surface area contributed by atoms with Crippen LogP contribution in [0.4, 0.5) is 10.1 Å². The smallest absolute Gasteiger partial charge is 0.123 e. The van der Waals surface area contributed by atoms with Gasteiger partial charge in [-0.1, -0.05) is 13.5 Å². The van der Waals surface area contributed by atoms with Gasteiger partial charge in [-0.2, -0.15) is 0 Å². The summed E-state index contributed by atoms with van der Waals surface area (Å²) < 4.78 is 13.6. The van der Waals surface area contributed by atoms with Gasteiger partial charge in [0.25, 0.3) is 0 Å². The van der Waals surface area contributed by atoms with E-state index in [1.807, 2.05) is 6.07 Å². The van der Waals surface area contributed by atoms with E-state index in [1.54, 1.807) is 12.1 Å². The lowest BCUT2D eigenvalue weighted by Gasteiger charge is -2.53. The molecular weight excluding hydrogens is 275 g/mol. The summed E-state index contributed by atoms with van der Waals surface area (Å²) >= 11 is 0. The molecule has 0 radical (unpaired) electrons. The molecule has 3 rings (SSSR count). The highest BCUT2D eigenvalue weighted by Crippen LogP contribution is 2.47. The maximum atomic E-state index is 13.6. The largest absolute Gasteiger partial charge is 0.369 e. The number of rotatable bonds is 1. The lowest BCUT2D eigenvalue weighted by molar-refractivity contribution is 0.171. The van der Waals surface area contributed by atoms with E-state index in [0.717, 1.165) is 43.6 Å². The second-order valence-electron chi connectivity index (χ2n) is 6.84. The molecule has 0 amide bonds. The van der Waals surface area contributed by atoms with Crippen LogP contribution < -0.4 is 4.90 Å². The quantitative estimate of drug-likeness (QED) is 0.714. The van der Waals surface area contributed by atoms with E-state index < -0.39 is 0 Å². The summed E-state index contributed by atoms with van der Waals surface area (Å²) in [6, 6.07) is 5.24. The average Bonchev–Trinajstić information content (AvgIpc) is 2.53. The fourth-order valence-corrected chi connectivity index (χ4v) is 4.21. The Kier molecular flexibility index (Phi) is 3.78. The van der Waals surface area contributed by atoms with Gasteiger partial charge in [-0.15, -0.1) is 5.73 Å². The standard InChI is InChI=1S/C19H25FN2/c1-5-15(3)22-10-8-19(9-11-22)13-14(2)17-12-16(20)6-7-18(17)21(19)4/h6-7,12,14H,1,8-11,13H2,2-4H3. The van der Waals surface area contributed by atoms with Crippen LogP contribution in [0.1, 0.15) is 44.6 Å². The van der Waals surface area contributed by atoms with Gasteiger partial charge in [0.1, 0.15) is 5.82 Å². The summed E-state index contributed by atoms with van der Waals surface area (Å²) in [6.45, 7) is 10.2. The molecule has 1 saturated heterocycles. The zero-order valence-electron chi connectivity index (χ0n) is 13.8. The molecule has 118 valence electrons. The minimum Gasteiger partial charge on any atom is -0.369 e. The van der Waals surface area contributed by atoms with Crippen molar-refractivity contribution in [2.75, 3.05) is 25.0 Å². The highest BCUT2D eigenvalue weighted by molar-refractivity contribution is 5.59. The first-order valence-corrected chi connectivity index (χ1v) is 8.12. The van der Waals surface area contributed by atoms with Crippen LogP contribution in [-0.2, 0) is 0 Å². The lowest BCUT2D eigenvalue weighted by Crippen LogP contribution is -2.56. The van der Waals surface area contributed by atoms with Crippen molar-refractivity contribution in [2.45, 2.75) is 44.6 Å². The first kappa shape index (κ1) is 15.2. The average molecular weight is 300 g/mol. The Morgan fingerprint density at radius 1 is 1.36 bits per heavy atom. The number of piperidine rings is 1. The van der Waals surface area contributed by atoms with Gasteiger partial charge in [0.15, 0.2) is 0 Å². The van der Waals surface area contributed by atoms with Gasteiger partial charge in [0.05, 0.1) is 5.70 Å². The van der Waals surface area contributed by atoms with Crippen molar-refractivity contribution in [1.82, 2.24) is 4.90 Å². The minimum absolute atomic E-state index is 0.128. The van der Waals surface area contributed by atoms with Crippen LogP contribution in [0, 0.1) is 5.82 Å². The monoisotopic (exact) mass is 300 g/mol. The van der Waals surface area contributed by atoms with Gasteiger partial charge >= 0.3 is 0 Å². The normalized spacial score (nSPS) is 23.2. The molecule has 1 aromatic carbocycles. The molecule has 2 nitrogen and oxygen atoms in total. The second-order valence-corrected chi connectivity index (χ2v) is 6.84. The number of halogens is 1. The van der Waals surface area contributed by atoms with E-state index in [4.69, 9.17) is 0 Å². The topological polar surface area (TPSA) is 6.48 Å². The molecule has 0 N–H and O–H groups in total. The number of anilines is 1. The highest BCUT2D eigenvalue weighted by Gasteiger charge is 2.43. The maximum absolute atomic E-state index is 13.6. The number of hydrogen-bond donors (Lipinski definition) is 0. The molecule has 0 bridgehead atoms. The van der Waals surface area contributed by atoms with E-state index >= 15 is 0 Å². The van der Waals surface area contributed by atoms with E-state index in [1.165, 1.54) is 5.69 Å². The molecule has 1 unspecified atom stereocenters. The molecule has 1 fully saturated rings. The highest BCUT2D eigenvalue weighted by atomic mass is 19.1. The zero-order valence-corrected chi connectivity index (χ0v) is 13.8. The second kappa shape index (κ2) is 5.48. The van der Waals surface area contributed by atoms with E-state index in [2.05, 4.69) is 43.0 Å². The first-order valence-electron chi connectivity index (χ1n) is 8.12. The summed E-state index contributed by atoms with van der Waals surface area (Å²) in [4.78, 5) is 4.78. The number of benzene rings is 1. The van der Waals surface area contributed by atoms with Crippen LogP contribution in [0.5, 0.6) is 0 Å². The molecular formula is C19H25FN2. The van der Waals surface area contributed by atoms with Crippen molar-refractivity contribution in [3.8, 4) is 0 Å². The Morgan fingerprint density at radius 2 is 2.05 bits per heavy atom. The minimum atomic E-state index is -0.128. The van der Waals surface area contributed by atoms with Crippen molar-refractivity contribution in [1.29, 1.82) is 0 Å². The predicted molar refractivity (Wildman–Crippen MR) is 89.7 cm³/mol. The molecule has 2 heterocycles. The first-order chi connectivity index (χ1) is 10.5.